The lowest BCUT2D eigenvalue weighted by atomic mass is 10.1. The fourth-order valence-electron chi connectivity index (χ4n) is 4.30. The summed E-state index contributed by atoms with van der Waals surface area (Å²) in [6, 6.07) is 11.4. The van der Waals surface area contributed by atoms with Crippen molar-refractivity contribution in [2.75, 3.05) is 17.2 Å². The van der Waals surface area contributed by atoms with Gasteiger partial charge in [0.25, 0.3) is 11.5 Å². The number of nitrogens with one attached hydrogen (secondary N) is 1. The van der Waals surface area contributed by atoms with Gasteiger partial charge < -0.3 is 5.73 Å². The first-order valence-corrected chi connectivity index (χ1v) is 12.4. The number of carbonyl (C=O) groups excluding carboxylic acids is 1. The summed E-state index contributed by atoms with van der Waals surface area (Å²) in [4.78, 5) is 44.9. The third-order valence-corrected chi connectivity index (χ3v) is 7.33. The number of benzene rings is 1. The number of nitrogens with two attached hydrogens (primary N) is 1. The first-order valence-electron chi connectivity index (χ1n) is 11.6. The molecule has 8 heteroatoms. The average Bonchev–Trinajstić information content (AvgIpc) is 3.09. The van der Waals surface area contributed by atoms with Crippen LogP contribution >= 0.6 is 11.3 Å². The van der Waals surface area contributed by atoms with Crippen LogP contribution in [-0.2, 0) is 19.4 Å². The molecular formula is C25H30N4O3S. The highest BCUT2D eigenvalue weighted by atomic mass is 32.1. The standard InChI is InChI=1S/C25H30N4O3S/c1-2-3-14-28(24(31)20-15-18-12-8-5-9-13-19(18)33-20)21-22(26)29(25(32)27-23(21)30)16-17-10-6-4-7-11-17/h4,6-7,10-11,15H,2-3,5,8-9,12-14,16,26H2,1H3,(H,27,30,32). The molecule has 0 spiro atoms. The minimum Gasteiger partial charge on any atom is -0.383 e. The van der Waals surface area contributed by atoms with Gasteiger partial charge in [-0.25, -0.2) is 4.79 Å². The first-order chi connectivity index (χ1) is 16.0. The second-order valence-electron chi connectivity index (χ2n) is 8.49. The van der Waals surface area contributed by atoms with Gasteiger partial charge in [0.1, 0.15) is 5.82 Å². The molecule has 2 heterocycles. The summed E-state index contributed by atoms with van der Waals surface area (Å²) < 4.78 is 1.32. The number of H-pyrrole nitrogens is 1. The van der Waals surface area contributed by atoms with Crippen LogP contribution in [0.1, 0.15) is 64.7 Å². The third kappa shape index (κ3) is 4.95. The lowest BCUT2D eigenvalue weighted by Crippen LogP contribution is -2.41. The van der Waals surface area contributed by atoms with Crippen molar-refractivity contribution in [3.63, 3.8) is 0 Å². The van der Waals surface area contributed by atoms with Gasteiger partial charge >= 0.3 is 5.69 Å². The summed E-state index contributed by atoms with van der Waals surface area (Å²) in [5.74, 6) is -0.223. The molecule has 1 aromatic carbocycles. The van der Waals surface area contributed by atoms with Crippen LogP contribution in [0.15, 0.2) is 46.0 Å². The predicted molar refractivity (Wildman–Crippen MR) is 133 cm³/mol. The Labute approximate surface area is 196 Å². The number of thiophene rings is 1. The molecule has 0 bridgehead atoms. The van der Waals surface area contributed by atoms with Crippen LogP contribution in [0.3, 0.4) is 0 Å². The fourth-order valence-corrected chi connectivity index (χ4v) is 5.50. The Balaban J connectivity index is 1.75. The Hall–Kier alpha value is -3.13. The smallest absolute Gasteiger partial charge is 0.330 e. The minimum absolute atomic E-state index is 0.00942. The lowest BCUT2D eigenvalue weighted by Gasteiger charge is -2.24. The molecular weight excluding hydrogens is 436 g/mol. The van der Waals surface area contributed by atoms with Crippen molar-refractivity contribution >= 4 is 28.7 Å². The number of aromatic nitrogens is 2. The van der Waals surface area contributed by atoms with E-state index in [2.05, 4.69) is 4.98 Å². The highest BCUT2D eigenvalue weighted by Gasteiger charge is 2.27. The quantitative estimate of drug-likeness (QED) is 0.515. The van der Waals surface area contributed by atoms with Gasteiger partial charge in [-0.05, 0) is 49.3 Å². The summed E-state index contributed by atoms with van der Waals surface area (Å²) >= 11 is 1.52. The van der Waals surface area contributed by atoms with Crippen LogP contribution < -0.4 is 21.9 Å². The molecule has 0 radical (unpaired) electrons. The van der Waals surface area contributed by atoms with Crippen molar-refractivity contribution in [3.05, 3.63) is 78.1 Å². The highest BCUT2D eigenvalue weighted by molar-refractivity contribution is 7.14. The Morgan fingerprint density at radius 2 is 1.91 bits per heavy atom. The molecule has 0 saturated heterocycles. The molecule has 0 atom stereocenters. The molecule has 0 saturated carbocycles. The summed E-state index contributed by atoms with van der Waals surface area (Å²) in [5.41, 5.74) is 7.33. The van der Waals surface area contributed by atoms with Crippen molar-refractivity contribution < 1.29 is 4.79 Å². The zero-order valence-electron chi connectivity index (χ0n) is 18.9. The van der Waals surface area contributed by atoms with Crippen LogP contribution in [0, 0.1) is 0 Å². The Bertz CT molecular complexity index is 1220. The number of carbonyl (C=O) groups is 1. The number of hydrogen-bond donors (Lipinski definition) is 2. The molecule has 0 aliphatic heterocycles. The van der Waals surface area contributed by atoms with Gasteiger partial charge in [-0.1, -0.05) is 50.1 Å². The molecule has 0 fully saturated rings. The number of nitrogens with zero attached hydrogens (tertiary/aromatic N) is 2. The van der Waals surface area contributed by atoms with Crippen molar-refractivity contribution in [1.82, 2.24) is 9.55 Å². The fraction of sp³-hybridized carbons (Fsp3) is 0.400. The van der Waals surface area contributed by atoms with E-state index in [0.29, 0.717) is 17.8 Å². The zero-order chi connectivity index (χ0) is 23.4. The summed E-state index contributed by atoms with van der Waals surface area (Å²) in [7, 11) is 0. The van der Waals surface area contributed by atoms with Gasteiger partial charge in [0.15, 0.2) is 5.69 Å². The van der Waals surface area contributed by atoms with Crippen molar-refractivity contribution in [2.45, 2.75) is 58.4 Å². The molecule has 7 nitrogen and oxygen atoms in total. The normalized spacial score (nSPS) is 13.4. The van der Waals surface area contributed by atoms with Crippen LogP contribution in [0.4, 0.5) is 11.5 Å². The van der Waals surface area contributed by atoms with E-state index in [1.165, 1.54) is 37.7 Å². The van der Waals surface area contributed by atoms with E-state index in [1.807, 2.05) is 43.3 Å². The molecule has 2 aromatic heterocycles. The van der Waals surface area contributed by atoms with Gasteiger partial charge in [0.05, 0.1) is 11.4 Å². The van der Waals surface area contributed by atoms with E-state index in [1.54, 1.807) is 0 Å². The van der Waals surface area contributed by atoms with Gasteiger partial charge in [-0.3, -0.25) is 24.0 Å². The molecule has 174 valence electrons. The van der Waals surface area contributed by atoms with E-state index in [0.717, 1.165) is 37.7 Å². The number of aromatic amines is 1. The Morgan fingerprint density at radius 1 is 1.15 bits per heavy atom. The molecule has 1 aliphatic carbocycles. The van der Waals surface area contributed by atoms with Gasteiger partial charge in [-0.15, -0.1) is 11.3 Å². The van der Waals surface area contributed by atoms with Gasteiger partial charge in [0, 0.05) is 11.4 Å². The number of fused-ring (bicyclic) bond motifs is 1. The van der Waals surface area contributed by atoms with E-state index in [9.17, 15) is 14.4 Å². The van der Waals surface area contributed by atoms with E-state index in [4.69, 9.17) is 5.73 Å². The number of amides is 1. The maximum Gasteiger partial charge on any atom is 0.330 e. The molecule has 33 heavy (non-hydrogen) atoms. The maximum absolute atomic E-state index is 13.7. The van der Waals surface area contributed by atoms with E-state index in [-0.39, 0.29) is 24.0 Å². The van der Waals surface area contributed by atoms with Crippen molar-refractivity contribution in [2.24, 2.45) is 0 Å². The second-order valence-corrected chi connectivity index (χ2v) is 9.63. The van der Waals surface area contributed by atoms with Gasteiger partial charge in [0.2, 0.25) is 0 Å². The molecule has 1 amide bonds. The monoisotopic (exact) mass is 466 g/mol. The molecule has 4 rings (SSSR count). The molecule has 0 unspecified atom stereocenters. The first kappa shape index (κ1) is 23.0. The minimum atomic E-state index is -0.635. The van der Waals surface area contributed by atoms with Crippen LogP contribution in [0.5, 0.6) is 0 Å². The largest absolute Gasteiger partial charge is 0.383 e. The summed E-state index contributed by atoms with van der Waals surface area (Å²) in [6.45, 7) is 2.59. The Kier molecular flexibility index (Phi) is 7.13. The van der Waals surface area contributed by atoms with Crippen LogP contribution in [0.2, 0.25) is 0 Å². The predicted octanol–water partition coefficient (Wildman–Crippen LogP) is 3.94. The number of aryl methyl sites for hydroxylation is 2. The average molecular weight is 467 g/mol. The maximum atomic E-state index is 13.7. The van der Waals surface area contributed by atoms with Crippen LogP contribution in [0.25, 0.3) is 0 Å². The van der Waals surface area contributed by atoms with E-state index >= 15 is 0 Å². The number of unbranched alkanes of at least 4 members (excludes halogenated alkanes) is 1. The third-order valence-electron chi connectivity index (χ3n) is 6.11. The summed E-state index contributed by atoms with van der Waals surface area (Å²) in [6.07, 6.45) is 7.03. The number of hydrogen-bond acceptors (Lipinski definition) is 5. The van der Waals surface area contributed by atoms with E-state index < -0.39 is 11.2 Å². The van der Waals surface area contributed by atoms with Crippen molar-refractivity contribution in [3.8, 4) is 0 Å². The molecule has 3 aromatic rings. The van der Waals surface area contributed by atoms with Crippen LogP contribution in [-0.4, -0.2) is 22.0 Å². The number of nitrogen functional groups attached to an aromatic ring is 1. The van der Waals surface area contributed by atoms with Gasteiger partial charge in [-0.2, -0.15) is 0 Å². The lowest BCUT2D eigenvalue weighted by molar-refractivity contribution is 0.0990. The highest BCUT2D eigenvalue weighted by Crippen LogP contribution is 2.31. The van der Waals surface area contributed by atoms with Crippen molar-refractivity contribution in [1.29, 1.82) is 0 Å². The zero-order valence-corrected chi connectivity index (χ0v) is 19.7. The topological polar surface area (TPSA) is 101 Å². The number of anilines is 2. The number of rotatable bonds is 7. The molecule has 1 aliphatic rings. The summed E-state index contributed by atoms with van der Waals surface area (Å²) in [5, 5.41) is 0. The SMILES string of the molecule is CCCCN(C(=O)c1cc2c(s1)CCCCC2)c1c(N)n(Cc2ccccc2)c(=O)[nH]c1=O. The second kappa shape index (κ2) is 10.2. The Morgan fingerprint density at radius 3 is 2.67 bits per heavy atom. The molecule has 3 N–H and O–H groups in total.